The van der Waals surface area contributed by atoms with Crippen LogP contribution in [0.3, 0.4) is 0 Å². The summed E-state index contributed by atoms with van der Waals surface area (Å²) in [5, 5.41) is 0. The van der Waals surface area contributed by atoms with E-state index in [9.17, 15) is 0 Å². The first-order valence-electron chi connectivity index (χ1n) is 1.38. The van der Waals surface area contributed by atoms with Crippen molar-refractivity contribution in [3.63, 3.8) is 0 Å². The molecule has 0 saturated heterocycles. The second-order valence-corrected chi connectivity index (χ2v) is 5.19. The molecule has 0 aromatic heterocycles. The van der Waals surface area contributed by atoms with Crippen LogP contribution in [0.25, 0.3) is 0 Å². The molecule has 12 heteroatoms. The molecule has 0 spiro atoms. The summed E-state index contributed by atoms with van der Waals surface area (Å²) in [4.78, 5) is 0. The molecule has 0 amide bonds. The van der Waals surface area contributed by atoms with Crippen LogP contribution in [0.5, 0.6) is 0 Å². The smallest absolute Gasteiger partial charge is 0.748 e. The van der Waals surface area contributed by atoms with E-state index >= 15 is 0 Å². The van der Waals surface area contributed by atoms with E-state index in [2.05, 4.69) is 22.4 Å². The molecule has 0 saturated carbocycles. The van der Waals surface area contributed by atoms with Gasteiger partial charge < -0.3 is 15.3 Å². The van der Waals surface area contributed by atoms with Crippen molar-refractivity contribution in [1.82, 2.24) is 6.15 Å². The van der Waals surface area contributed by atoms with Crippen LogP contribution in [0, 0.1) is 0 Å². The fourth-order valence-electron chi connectivity index (χ4n) is 0. The summed E-state index contributed by atoms with van der Waals surface area (Å²) < 4.78 is 49.3. The van der Waals surface area contributed by atoms with E-state index < -0.39 is 18.1 Å². The Bertz CT molecular complexity index is 216. The summed E-state index contributed by atoms with van der Waals surface area (Å²) >= 11 is 6.82. The molecule has 0 fully saturated rings. The van der Waals surface area contributed by atoms with Crippen molar-refractivity contribution in [3.05, 3.63) is 0 Å². The van der Waals surface area contributed by atoms with Crippen molar-refractivity contribution in [2.45, 2.75) is 0 Å². The molecule has 0 aliphatic rings. The zero-order valence-electron chi connectivity index (χ0n) is 5.91. The van der Waals surface area contributed by atoms with Crippen LogP contribution in [0.2, 0.25) is 0 Å². The van der Waals surface area contributed by atoms with Crippen LogP contribution in [0.1, 0.15) is 0 Å². The average molecular weight is 267 g/mol. The third kappa shape index (κ3) is 541. The van der Waals surface area contributed by atoms with Crippen molar-refractivity contribution in [2.75, 3.05) is 0 Å². The molecule has 0 aliphatic carbocycles. The minimum absolute atomic E-state index is 0. The number of rotatable bonds is 0. The summed E-state index contributed by atoms with van der Waals surface area (Å²) in [6.07, 6.45) is 0. The van der Waals surface area contributed by atoms with Gasteiger partial charge in [0.1, 0.15) is 0 Å². The predicted octanol–water partition coefficient (Wildman–Crippen LogP) is -3.82. The Labute approximate surface area is 102 Å². The van der Waals surface area contributed by atoms with Crippen molar-refractivity contribution < 1.29 is 56.2 Å². The first-order valence-corrected chi connectivity index (χ1v) is 6.14. The molecular weight excluding hydrogens is 261 g/mol. The molecule has 0 aliphatic heterocycles. The molecule has 0 aromatic carbocycles. The minimum Gasteiger partial charge on any atom is -0.748 e. The summed E-state index contributed by atoms with van der Waals surface area (Å²) in [5.74, 6) is 0. The van der Waals surface area contributed by atoms with Gasteiger partial charge >= 0.3 is 29.6 Å². The Morgan fingerprint density at radius 2 is 1.08 bits per heavy atom. The van der Waals surface area contributed by atoms with Crippen LogP contribution in [-0.4, -0.2) is 26.6 Å². The van der Waals surface area contributed by atoms with Crippen molar-refractivity contribution in [2.24, 2.45) is 0 Å². The van der Waals surface area contributed by atoms with Gasteiger partial charge in [-0.05, 0) is 11.2 Å². The van der Waals surface area contributed by atoms with E-state index in [1.807, 2.05) is 0 Å². The average Bonchev–Trinajstić information content (AvgIpc) is 1.12. The van der Waals surface area contributed by atoms with E-state index in [1.165, 1.54) is 0 Å². The maximum Gasteiger partial charge on any atom is 1.00 e. The fraction of sp³-hybridized carbons (Fsp3) is 0. The third-order valence-corrected chi connectivity index (χ3v) is 0. The molecule has 7 nitrogen and oxygen atoms in total. The molecule has 0 radical (unpaired) electrons. The van der Waals surface area contributed by atoms with Crippen molar-refractivity contribution in [3.8, 4) is 0 Å². The van der Waals surface area contributed by atoms with E-state index in [4.69, 9.17) is 26.6 Å². The van der Waals surface area contributed by atoms with Gasteiger partial charge in [0, 0.05) is 11.2 Å². The number of hydrogen-bond donors (Lipinski definition) is 4. The van der Waals surface area contributed by atoms with Crippen LogP contribution < -0.4 is 35.7 Å². The zero-order chi connectivity index (χ0) is 9.00. The topological polar surface area (TPSA) is 153 Å². The maximum atomic E-state index is 9.11. The van der Waals surface area contributed by atoms with Crippen LogP contribution >= 0.6 is 0 Å². The molecule has 0 bridgehead atoms. The van der Waals surface area contributed by atoms with Gasteiger partial charge in [-0.15, -0.1) is 0 Å². The minimum atomic E-state index is -4.08. The normalized spacial score (nSPS) is 13.7. The second-order valence-electron chi connectivity index (χ2n) is 0.876. The third-order valence-electron chi connectivity index (χ3n) is 0. The van der Waals surface area contributed by atoms with Crippen LogP contribution in [-0.2, 0) is 40.5 Å². The molecule has 12 heavy (non-hydrogen) atoms. The SMILES string of the molecule is N.O=S(O)(O)=S.O=S([O-])(O)=S.[Na+]. The van der Waals surface area contributed by atoms with Crippen LogP contribution in [0.15, 0.2) is 0 Å². The fourth-order valence-corrected chi connectivity index (χ4v) is 0. The molecule has 6 N–H and O–H groups in total. The molecule has 0 rings (SSSR count). The summed E-state index contributed by atoms with van der Waals surface area (Å²) in [6.45, 7) is 0. The van der Waals surface area contributed by atoms with Gasteiger partial charge in [0.2, 0.25) is 0 Å². The summed E-state index contributed by atoms with van der Waals surface area (Å²) in [7, 11) is -7.92. The van der Waals surface area contributed by atoms with Crippen molar-refractivity contribution in [1.29, 1.82) is 0 Å². The molecule has 0 heterocycles. The van der Waals surface area contributed by atoms with Gasteiger partial charge in [0.25, 0.3) is 9.05 Å². The Kier molecular flexibility index (Phi) is 17.8. The first-order chi connectivity index (χ1) is 4.00. The van der Waals surface area contributed by atoms with Crippen LogP contribution in [0.4, 0.5) is 0 Å². The number of hydrogen-bond acceptors (Lipinski definition) is 6. The molecular formula is H6NNaO6S4. The van der Waals surface area contributed by atoms with Gasteiger partial charge in [-0.25, -0.2) is 4.21 Å². The van der Waals surface area contributed by atoms with E-state index in [0.717, 1.165) is 0 Å². The maximum absolute atomic E-state index is 9.11. The summed E-state index contributed by atoms with van der Waals surface area (Å²) in [6, 6.07) is 0. The molecule has 1 unspecified atom stereocenters. The largest absolute Gasteiger partial charge is 1.00 e. The van der Waals surface area contributed by atoms with E-state index in [1.54, 1.807) is 0 Å². The van der Waals surface area contributed by atoms with Gasteiger partial charge in [-0.1, -0.05) is 0 Å². The second kappa shape index (κ2) is 9.11. The quantitative estimate of drug-likeness (QED) is 0.323. The standard InChI is InChI=1S/H3N.Na.2H2O3S2/c;;2*1-5(2,3)4/h1H3;;2*(H2,1,2,3,4)/q;+1;;/p-1. The Hall–Kier alpha value is 1.54. The van der Waals surface area contributed by atoms with Gasteiger partial charge in [0.15, 0.2) is 0 Å². The summed E-state index contributed by atoms with van der Waals surface area (Å²) in [5.41, 5.74) is 0. The van der Waals surface area contributed by atoms with Crippen molar-refractivity contribution >= 4 is 40.5 Å². The van der Waals surface area contributed by atoms with E-state index in [0.29, 0.717) is 0 Å². The Morgan fingerprint density at radius 3 is 1.08 bits per heavy atom. The predicted molar refractivity (Wildman–Crippen MR) is 44.7 cm³/mol. The first kappa shape index (κ1) is 23.4. The van der Waals surface area contributed by atoms with Gasteiger partial charge in [-0.3, -0.25) is 9.11 Å². The Morgan fingerprint density at radius 1 is 1.08 bits per heavy atom. The van der Waals surface area contributed by atoms with Gasteiger partial charge in [0.05, 0.1) is 9.05 Å². The monoisotopic (exact) mass is 267 g/mol. The molecule has 0 aromatic rings. The zero-order valence-corrected chi connectivity index (χ0v) is 11.2. The molecule has 72 valence electrons. The Balaban J connectivity index is -0.0000000457. The van der Waals surface area contributed by atoms with E-state index in [-0.39, 0.29) is 35.7 Å². The van der Waals surface area contributed by atoms with Gasteiger partial charge in [-0.2, -0.15) is 4.21 Å². The molecule has 1 atom stereocenters.